The zero-order valence-corrected chi connectivity index (χ0v) is 11.4. The summed E-state index contributed by atoms with van der Waals surface area (Å²) in [6.45, 7) is 0.765. The summed E-state index contributed by atoms with van der Waals surface area (Å²) >= 11 is 0. The second-order valence-corrected chi connectivity index (χ2v) is 4.21. The van der Waals surface area contributed by atoms with E-state index in [-0.39, 0.29) is 17.2 Å². The quantitative estimate of drug-likeness (QED) is 0.827. The molecule has 1 aromatic heterocycles. The lowest BCUT2D eigenvalue weighted by molar-refractivity contribution is 0.0917. The topological polar surface area (TPSA) is 73.5 Å². The average molecular weight is 276 g/mol. The number of carbonyl (C=O) groups is 1. The molecule has 0 saturated carbocycles. The summed E-state index contributed by atoms with van der Waals surface area (Å²) in [5.41, 5.74) is 0.592. The number of carbonyl (C=O) groups excluding carboxylic acids is 1. The van der Waals surface area contributed by atoms with E-state index in [0.29, 0.717) is 18.7 Å². The first-order valence-corrected chi connectivity index (χ1v) is 6.18. The molecule has 0 aliphatic heterocycles. The number of rotatable bonds is 5. The van der Waals surface area contributed by atoms with Crippen LogP contribution in [-0.2, 0) is 11.8 Å². The molecule has 20 heavy (non-hydrogen) atoms. The van der Waals surface area contributed by atoms with E-state index in [4.69, 9.17) is 9.26 Å². The zero-order valence-electron chi connectivity index (χ0n) is 11.4. The van der Waals surface area contributed by atoms with Gasteiger partial charge < -0.3 is 14.6 Å². The molecule has 0 atom stereocenters. The van der Waals surface area contributed by atoms with Gasteiger partial charge in [-0.3, -0.25) is 4.79 Å². The summed E-state index contributed by atoms with van der Waals surface area (Å²) in [5, 5.41) is 2.68. The molecule has 0 bridgehead atoms. The molecule has 2 rings (SSSR count). The van der Waals surface area contributed by atoms with E-state index in [1.54, 1.807) is 31.4 Å². The van der Waals surface area contributed by atoms with Gasteiger partial charge in [0, 0.05) is 20.7 Å². The van der Waals surface area contributed by atoms with Crippen LogP contribution in [0.15, 0.2) is 39.6 Å². The molecule has 106 valence electrons. The van der Waals surface area contributed by atoms with Crippen LogP contribution in [0.4, 0.5) is 0 Å². The summed E-state index contributed by atoms with van der Waals surface area (Å²) in [6, 6.07) is 8.96. The largest absolute Gasteiger partial charge is 0.383 e. The summed E-state index contributed by atoms with van der Waals surface area (Å²) in [4.78, 5) is 24.1. The van der Waals surface area contributed by atoms with Crippen LogP contribution in [0.5, 0.6) is 0 Å². The number of hydrogen-bond donors (Lipinski definition) is 1. The molecule has 0 saturated heterocycles. The van der Waals surface area contributed by atoms with Crippen molar-refractivity contribution in [1.82, 2.24) is 10.1 Å². The van der Waals surface area contributed by atoms with E-state index in [1.807, 2.05) is 6.07 Å². The molecule has 0 spiro atoms. The fourth-order valence-corrected chi connectivity index (χ4v) is 1.94. The third kappa shape index (κ3) is 2.80. The smallest absolute Gasteiger partial charge is 0.366 e. The number of aromatic nitrogens is 1. The van der Waals surface area contributed by atoms with Crippen molar-refractivity contribution in [3.05, 3.63) is 46.4 Å². The Hall–Kier alpha value is -2.34. The first kappa shape index (κ1) is 14.1. The normalized spacial score (nSPS) is 10.5. The number of nitrogens with one attached hydrogen (secondary N) is 1. The van der Waals surface area contributed by atoms with Gasteiger partial charge in [-0.2, -0.15) is 0 Å². The van der Waals surface area contributed by atoms with E-state index in [2.05, 4.69) is 5.32 Å². The van der Waals surface area contributed by atoms with Crippen LogP contribution in [0.25, 0.3) is 11.1 Å². The third-order valence-electron chi connectivity index (χ3n) is 2.84. The van der Waals surface area contributed by atoms with Crippen molar-refractivity contribution < 1.29 is 14.1 Å². The van der Waals surface area contributed by atoms with E-state index < -0.39 is 5.63 Å². The van der Waals surface area contributed by atoms with Crippen LogP contribution in [0.2, 0.25) is 0 Å². The Bertz CT molecular complexity index is 643. The van der Waals surface area contributed by atoms with Gasteiger partial charge in [-0.05, 0) is 5.56 Å². The molecule has 0 radical (unpaired) electrons. The van der Waals surface area contributed by atoms with Crippen LogP contribution in [-0.4, -0.2) is 30.9 Å². The zero-order chi connectivity index (χ0) is 14.5. The second-order valence-electron chi connectivity index (χ2n) is 4.21. The average Bonchev–Trinajstić information content (AvgIpc) is 2.74. The molecule has 1 aromatic carbocycles. The highest BCUT2D eigenvalue weighted by atomic mass is 16.5. The summed E-state index contributed by atoms with van der Waals surface area (Å²) in [6.07, 6.45) is 0. The number of amides is 1. The van der Waals surface area contributed by atoms with E-state index in [0.717, 1.165) is 0 Å². The fraction of sp³-hybridized carbons (Fsp3) is 0.286. The van der Waals surface area contributed by atoms with Crippen LogP contribution in [0.3, 0.4) is 0 Å². The SMILES string of the molecule is COCCNC(=O)c1c(-c2ccccc2)c(=O)on1C. The summed E-state index contributed by atoms with van der Waals surface area (Å²) < 4.78 is 11.1. The standard InChI is InChI=1S/C14H16N2O4/c1-16-12(13(17)15-8-9-19-2)11(14(18)20-16)10-6-4-3-5-7-10/h3-7H,8-9H2,1-2H3,(H,15,17). The Morgan fingerprint density at radius 2 is 2.05 bits per heavy atom. The molecular formula is C14H16N2O4. The Morgan fingerprint density at radius 1 is 1.35 bits per heavy atom. The van der Waals surface area contributed by atoms with Gasteiger partial charge in [-0.25, -0.2) is 9.53 Å². The van der Waals surface area contributed by atoms with Gasteiger partial charge in [0.15, 0.2) is 5.69 Å². The maximum atomic E-state index is 12.2. The predicted molar refractivity (Wildman–Crippen MR) is 73.6 cm³/mol. The van der Waals surface area contributed by atoms with Gasteiger partial charge in [-0.15, -0.1) is 0 Å². The van der Waals surface area contributed by atoms with Gasteiger partial charge in [0.1, 0.15) is 5.56 Å². The minimum absolute atomic E-state index is 0.206. The number of aryl methyl sites for hydroxylation is 1. The lowest BCUT2D eigenvalue weighted by Crippen LogP contribution is -2.29. The van der Waals surface area contributed by atoms with Crippen molar-refractivity contribution in [2.45, 2.75) is 0 Å². The molecule has 0 unspecified atom stereocenters. The van der Waals surface area contributed by atoms with E-state index >= 15 is 0 Å². The number of ether oxygens (including phenoxy) is 1. The lowest BCUT2D eigenvalue weighted by atomic mass is 10.1. The second kappa shape index (κ2) is 6.21. The lowest BCUT2D eigenvalue weighted by Gasteiger charge is -2.06. The van der Waals surface area contributed by atoms with Crippen molar-refractivity contribution >= 4 is 5.91 Å². The first-order chi connectivity index (χ1) is 9.65. The number of methoxy groups -OCH3 is 1. The Labute approximate surface area is 115 Å². The van der Waals surface area contributed by atoms with Crippen LogP contribution < -0.4 is 10.9 Å². The number of nitrogens with zero attached hydrogens (tertiary/aromatic N) is 1. The molecular weight excluding hydrogens is 260 g/mol. The van der Waals surface area contributed by atoms with Gasteiger partial charge in [-0.1, -0.05) is 30.3 Å². The molecule has 0 fully saturated rings. The van der Waals surface area contributed by atoms with Crippen molar-refractivity contribution in [2.24, 2.45) is 7.05 Å². The van der Waals surface area contributed by atoms with Gasteiger partial charge in [0.05, 0.1) is 6.61 Å². The van der Waals surface area contributed by atoms with Gasteiger partial charge >= 0.3 is 5.63 Å². The number of benzene rings is 1. The van der Waals surface area contributed by atoms with Gasteiger partial charge in [0.2, 0.25) is 0 Å². The molecule has 0 aliphatic rings. The van der Waals surface area contributed by atoms with Crippen molar-refractivity contribution in [3.63, 3.8) is 0 Å². The highest BCUT2D eigenvalue weighted by Gasteiger charge is 2.22. The molecule has 0 aliphatic carbocycles. The summed E-state index contributed by atoms with van der Waals surface area (Å²) in [7, 11) is 3.08. The minimum atomic E-state index is -0.532. The maximum Gasteiger partial charge on any atom is 0.366 e. The highest BCUT2D eigenvalue weighted by molar-refractivity contribution is 5.98. The van der Waals surface area contributed by atoms with E-state index in [9.17, 15) is 9.59 Å². The Morgan fingerprint density at radius 3 is 2.70 bits per heavy atom. The molecule has 6 heteroatoms. The third-order valence-corrected chi connectivity index (χ3v) is 2.84. The molecule has 1 N–H and O–H groups in total. The Kier molecular flexibility index (Phi) is 4.37. The van der Waals surface area contributed by atoms with Crippen LogP contribution in [0, 0.1) is 0 Å². The van der Waals surface area contributed by atoms with Gasteiger partial charge in [0.25, 0.3) is 5.91 Å². The highest BCUT2D eigenvalue weighted by Crippen LogP contribution is 2.20. The van der Waals surface area contributed by atoms with Crippen molar-refractivity contribution in [2.75, 3.05) is 20.3 Å². The minimum Gasteiger partial charge on any atom is -0.383 e. The maximum absolute atomic E-state index is 12.2. The molecule has 2 aromatic rings. The molecule has 6 nitrogen and oxygen atoms in total. The fourth-order valence-electron chi connectivity index (χ4n) is 1.94. The van der Waals surface area contributed by atoms with Crippen molar-refractivity contribution in [1.29, 1.82) is 0 Å². The molecule has 1 heterocycles. The Balaban J connectivity index is 2.38. The number of hydrogen-bond acceptors (Lipinski definition) is 4. The van der Waals surface area contributed by atoms with Crippen LogP contribution >= 0.6 is 0 Å². The van der Waals surface area contributed by atoms with Crippen LogP contribution in [0.1, 0.15) is 10.5 Å². The summed E-state index contributed by atoms with van der Waals surface area (Å²) in [5.74, 6) is -0.366. The predicted octanol–water partition coefficient (Wildman–Crippen LogP) is 1.02. The molecule has 1 amide bonds. The van der Waals surface area contributed by atoms with E-state index in [1.165, 1.54) is 11.8 Å². The van der Waals surface area contributed by atoms with Crippen molar-refractivity contribution in [3.8, 4) is 11.1 Å². The monoisotopic (exact) mass is 276 g/mol. The first-order valence-electron chi connectivity index (χ1n) is 6.18.